The van der Waals surface area contributed by atoms with E-state index in [4.69, 9.17) is 5.73 Å². The molecule has 0 saturated carbocycles. The Kier molecular flexibility index (Phi) is 1.88. The topological polar surface area (TPSA) is 38.9 Å². The molecule has 14 heavy (non-hydrogen) atoms. The van der Waals surface area contributed by atoms with Crippen LogP contribution >= 0.6 is 0 Å². The van der Waals surface area contributed by atoms with Crippen LogP contribution in [0, 0.1) is 19.7 Å². The molecule has 1 aromatic carbocycles. The first-order valence-electron chi connectivity index (χ1n) is 4.41. The number of anilines is 1. The molecule has 0 aliphatic rings. The first-order valence-corrected chi connectivity index (χ1v) is 4.41. The maximum absolute atomic E-state index is 13.2. The summed E-state index contributed by atoms with van der Waals surface area (Å²) in [7, 11) is 0. The van der Waals surface area contributed by atoms with Crippen LogP contribution in [0.4, 0.5) is 10.2 Å². The van der Waals surface area contributed by atoms with E-state index in [1.165, 1.54) is 6.07 Å². The third kappa shape index (κ3) is 1.21. The minimum Gasteiger partial charge on any atom is -0.383 e. The van der Waals surface area contributed by atoms with Crippen molar-refractivity contribution in [2.45, 2.75) is 13.8 Å². The normalized spacial score (nSPS) is 10.8. The quantitative estimate of drug-likeness (QED) is 0.693. The molecule has 0 fully saturated rings. The van der Waals surface area contributed by atoms with Crippen LogP contribution in [-0.2, 0) is 0 Å². The highest BCUT2D eigenvalue weighted by atomic mass is 19.1. The lowest BCUT2D eigenvalue weighted by molar-refractivity contribution is 0.620. The smallest absolute Gasteiger partial charge is 0.128 e. The zero-order valence-corrected chi connectivity index (χ0v) is 8.13. The largest absolute Gasteiger partial charge is 0.383 e. The molecule has 0 aliphatic heterocycles. The minimum atomic E-state index is -0.242. The first kappa shape index (κ1) is 8.94. The molecule has 1 aromatic heterocycles. The average molecular weight is 190 g/mol. The van der Waals surface area contributed by atoms with Crippen molar-refractivity contribution in [1.82, 2.24) is 4.98 Å². The predicted molar refractivity (Wildman–Crippen MR) is 55.6 cm³/mol. The van der Waals surface area contributed by atoms with Crippen LogP contribution in [0.3, 0.4) is 0 Å². The molecule has 72 valence electrons. The second kappa shape index (κ2) is 2.94. The number of aromatic nitrogens is 1. The van der Waals surface area contributed by atoms with Gasteiger partial charge in [-0.1, -0.05) is 0 Å². The molecule has 0 bridgehead atoms. The number of fused-ring (bicyclic) bond motifs is 1. The molecule has 0 radical (unpaired) electrons. The Hall–Kier alpha value is -1.64. The van der Waals surface area contributed by atoms with Gasteiger partial charge in [0.15, 0.2) is 0 Å². The van der Waals surface area contributed by atoms with E-state index in [1.807, 2.05) is 13.0 Å². The zero-order valence-electron chi connectivity index (χ0n) is 8.13. The maximum Gasteiger partial charge on any atom is 0.128 e. The number of aryl methyl sites for hydroxylation is 2. The molecule has 2 nitrogen and oxygen atoms in total. The van der Waals surface area contributed by atoms with Crippen molar-refractivity contribution >= 4 is 16.7 Å². The van der Waals surface area contributed by atoms with Crippen molar-refractivity contribution < 1.29 is 4.39 Å². The second-order valence-corrected chi connectivity index (χ2v) is 3.43. The maximum atomic E-state index is 13.2. The van der Waals surface area contributed by atoms with Crippen molar-refractivity contribution in [3.63, 3.8) is 0 Å². The van der Waals surface area contributed by atoms with Crippen LogP contribution < -0.4 is 5.73 Å². The van der Waals surface area contributed by atoms with Crippen LogP contribution in [0.2, 0.25) is 0 Å². The third-order valence-electron chi connectivity index (χ3n) is 2.40. The van der Waals surface area contributed by atoms with Gasteiger partial charge in [0.2, 0.25) is 0 Å². The highest BCUT2D eigenvalue weighted by Gasteiger charge is 2.06. The average Bonchev–Trinajstić information content (AvgIpc) is 2.15. The van der Waals surface area contributed by atoms with Gasteiger partial charge in [0.05, 0.1) is 5.52 Å². The Balaban J connectivity index is 2.89. The van der Waals surface area contributed by atoms with Crippen molar-refractivity contribution in [3.05, 3.63) is 35.1 Å². The number of nitrogens with two attached hydrogens (primary N) is 1. The molecular formula is C11H11FN2. The van der Waals surface area contributed by atoms with Crippen LogP contribution in [0.25, 0.3) is 10.9 Å². The van der Waals surface area contributed by atoms with Crippen molar-refractivity contribution in [1.29, 1.82) is 0 Å². The first-order chi connectivity index (χ1) is 6.59. The summed E-state index contributed by atoms with van der Waals surface area (Å²) in [6.45, 7) is 3.60. The van der Waals surface area contributed by atoms with Crippen molar-refractivity contribution in [2.24, 2.45) is 0 Å². The lowest BCUT2D eigenvalue weighted by Gasteiger charge is -2.05. The Morgan fingerprint density at radius 2 is 2.00 bits per heavy atom. The number of benzene rings is 1. The number of hydrogen-bond donors (Lipinski definition) is 1. The van der Waals surface area contributed by atoms with E-state index in [-0.39, 0.29) is 5.82 Å². The van der Waals surface area contributed by atoms with Crippen LogP contribution in [-0.4, -0.2) is 4.98 Å². The van der Waals surface area contributed by atoms with Gasteiger partial charge in [0, 0.05) is 10.9 Å². The summed E-state index contributed by atoms with van der Waals surface area (Å²) >= 11 is 0. The summed E-state index contributed by atoms with van der Waals surface area (Å²) in [5, 5.41) is 0.926. The third-order valence-corrected chi connectivity index (χ3v) is 2.40. The van der Waals surface area contributed by atoms with E-state index in [9.17, 15) is 4.39 Å². The van der Waals surface area contributed by atoms with E-state index in [2.05, 4.69) is 4.98 Å². The minimum absolute atomic E-state index is 0.242. The predicted octanol–water partition coefficient (Wildman–Crippen LogP) is 2.57. The Morgan fingerprint density at radius 1 is 1.29 bits per heavy atom. The van der Waals surface area contributed by atoms with Crippen LogP contribution in [0.5, 0.6) is 0 Å². The van der Waals surface area contributed by atoms with E-state index in [0.29, 0.717) is 16.9 Å². The summed E-state index contributed by atoms with van der Waals surface area (Å²) in [6, 6.07) is 5.09. The number of rotatable bonds is 0. The molecule has 0 saturated heterocycles. The Morgan fingerprint density at radius 3 is 2.71 bits per heavy atom. The molecule has 2 aromatic rings. The molecule has 0 spiro atoms. The summed E-state index contributed by atoms with van der Waals surface area (Å²) in [4.78, 5) is 4.17. The van der Waals surface area contributed by atoms with Gasteiger partial charge in [-0.15, -0.1) is 0 Å². The van der Waals surface area contributed by atoms with Gasteiger partial charge in [0.1, 0.15) is 11.6 Å². The molecule has 0 amide bonds. The fourth-order valence-corrected chi connectivity index (χ4v) is 1.48. The number of pyridine rings is 1. The summed E-state index contributed by atoms with van der Waals surface area (Å²) in [5.74, 6) is 0.222. The number of hydrogen-bond acceptors (Lipinski definition) is 2. The van der Waals surface area contributed by atoms with E-state index >= 15 is 0 Å². The molecular weight excluding hydrogens is 179 g/mol. The summed E-state index contributed by atoms with van der Waals surface area (Å²) in [5.41, 5.74) is 7.79. The highest BCUT2D eigenvalue weighted by molar-refractivity contribution is 5.84. The molecule has 0 atom stereocenters. The molecule has 1 heterocycles. The van der Waals surface area contributed by atoms with Crippen molar-refractivity contribution in [2.75, 3.05) is 5.73 Å². The van der Waals surface area contributed by atoms with Gasteiger partial charge in [-0.05, 0) is 37.6 Å². The van der Waals surface area contributed by atoms with E-state index in [0.717, 1.165) is 10.9 Å². The summed E-state index contributed by atoms with van der Waals surface area (Å²) in [6.07, 6.45) is 0. The lowest BCUT2D eigenvalue weighted by atomic mass is 10.1. The van der Waals surface area contributed by atoms with Crippen LogP contribution in [0.1, 0.15) is 11.1 Å². The van der Waals surface area contributed by atoms with Gasteiger partial charge in [0.25, 0.3) is 0 Å². The van der Waals surface area contributed by atoms with E-state index in [1.54, 1.807) is 13.0 Å². The van der Waals surface area contributed by atoms with Gasteiger partial charge >= 0.3 is 0 Å². The van der Waals surface area contributed by atoms with Crippen molar-refractivity contribution in [3.8, 4) is 0 Å². The fourth-order valence-electron chi connectivity index (χ4n) is 1.48. The van der Waals surface area contributed by atoms with Gasteiger partial charge < -0.3 is 5.73 Å². The summed E-state index contributed by atoms with van der Waals surface area (Å²) < 4.78 is 13.2. The second-order valence-electron chi connectivity index (χ2n) is 3.43. The monoisotopic (exact) mass is 190 g/mol. The van der Waals surface area contributed by atoms with E-state index < -0.39 is 0 Å². The fraction of sp³-hybridized carbons (Fsp3) is 0.182. The molecule has 2 N–H and O–H groups in total. The van der Waals surface area contributed by atoms with Crippen LogP contribution in [0.15, 0.2) is 18.2 Å². The molecule has 0 aliphatic carbocycles. The molecule has 2 rings (SSSR count). The molecule has 0 unspecified atom stereocenters. The highest BCUT2D eigenvalue weighted by Crippen LogP contribution is 2.22. The van der Waals surface area contributed by atoms with Gasteiger partial charge in [-0.3, -0.25) is 0 Å². The Bertz CT molecular complexity index is 506. The Labute approximate surface area is 81.6 Å². The number of halogens is 1. The molecule has 3 heteroatoms. The number of nitrogens with zero attached hydrogens (tertiary/aromatic N) is 1. The number of nitrogen functional groups attached to an aromatic ring is 1. The zero-order chi connectivity index (χ0) is 10.3. The lowest BCUT2D eigenvalue weighted by Crippen LogP contribution is -1.96. The van der Waals surface area contributed by atoms with Gasteiger partial charge in [-0.25, -0.2) is 9.37 Å². The van der Waals surface area contributed by atoms with Gasteiger partial charge in [-0.2, -0.15) is 0 Å². The standard InChI is InChI=1S/C11H11FN2/c1-6-5-8-3-4-9(12)7(2)10(8)14-11(6)13/h3-5H,1-2H3,(H2,13,14). The SMILES string of the molecule is Cc1cc2ccc(F)c(C)c2nc1N.